The van der Waals surface area contributed by atoms with Gasteiger partial charge in [-0.2, -0.15) is 0 Å². The van der Waals surface area contributed by atoms with Crippen LogP contribution in [0.4, 0.5) is 4.79 Å². The normalized spacial score (nSPS) is 12.2. The first-order valence-electron chi connectivity index (χ1n) is 11.0. The van der Waals surface area contributed by atoms with Gasteiger partial charge < -0.3 is 14.8 Å². The largest absolute Gasteiger partial charge is 0.459 e. The minimum absolute atomic E-state index is 0.162. The van der Waals surface area contributed by atoms with Crippen LogP contribution in [0, 0.1) is 0 Å². The number of esters is 1. The third-order valence-electron chi connectivity index (χ3n) is 5.02. The Morgan fingerprint density at radius 2 is 1.59 bits per heavy atom. The highest BCUT2D eigenvalue weighted by Gasteiger charge is 2.25. The third kappa shape index (κ3) is 7.12. The van der Waals surface area contributed by atoms with E-state index in [1.165, 1.54) is 16.3 Å². The summed E-state index contributed by atoms with van der Waals surface area (Å²) in [6.45, 7) is 5.52. The molecule has 0 fully saturated rings. The molecule has 0 aliphatic heterocycles. The average molecular weight is 434 g/mol. The minimum Gasteiger partial charge on any atom is -0.459 e. The SMILES string of the molecule is CC(C)(C)OC(=O)N[C@@H](CCCc1cccc2ccccc12)C(=O)OCc1ccccc1. The van der Waals surface area contributed by atoms with Crippen molar-refractivity contribution in [3.63, 3.8) is 0 Å². The number of nitrogens with one attached hydrogen (secondary N) is 1. The molecule has 0 unspecified atom stereocenters. The van der Waals surface area contributed by atoms with Crippen LogP contribution in [0.5, 0.6) is 0 Å². The summed E-state index contributed by atoms with van der Waals surface area (Å²) in [7, 11) is 0. The molecule has 5 heteroatoms. The first kappa shape index (κ1) is 23.3. The highest BCUT2D eigenvalue weighted by molar-refractivity contribution is 5.85. The Labute approximate surface area is 189 Å². The fourth-order valence-electron chi connectivity index (χ4n) is 3.54. The van der Waals surface area contributed by atoms with Crippen molar-refractivity contribution in [2.75, 3.05) is 0 Å². The molecule has 1 N–H and O–H groups in total. The van der Waals surface area contributed by atoms with E-state index in [9.17, 15) is 9.59 Å². The first-order valence-corrected chi connectivity index (χ1v) is 11.0. The molecular weight excluding hydrogens is 402 g/mol. The van der Waals surface area contributed by atoms with Gasteiger partial charge in [-0.05, 0) is 61.9 Å². The standard InChI is InChI=1S/C27H31NO4/c1-27(2,3)32-26(30)28-24(25(29)31-19-20-11-5-4-6-12-20)18-10-16-22-15-9-14-21-13-7-8-17-23(21)22/h4-9,11-15,17,24H,10,16,18-19H2,1-3H3,(H,28,30)/t24-/m0/s1. The molecule has 3 rings (SSSR count). The van der Waals surface area contributed by atoms with E-state index in [4.69, 9.17) is 9.47 Å². The predicted octanol–water partition coefficient (Wildman–Crippen LogP) is 5.80. The zero-order chi connectivity index (χ0) is 23.0. The van der Waals surface area contributed by atoms with Gasteiger partial charge in [0.1, 0.15) is 18.2 Å². The lowest BCUT2D eigenvalue weighted by Gasteiger charge is -2.23. The van der Waals surface area contributed by atoms with E-state index in [1.807, 2.05) is 48.5 Å². The van der Waals surface area contributed by atoms with Crippen molar-refractivity contribution in [3.05, 3.63) is 83.9 Å². The second-order valence-electron chi connectivity index (χ2n) is 8.82. The number of fused-ring (bicyclic) bond motifs is 1. The Balaban J connectivity index is 1.64. The maximum atomic E-state index is 12.8. The number of benzene rings is 3. The second kappa shape index (κ2) is 10.8. The number of amides is 1. The van der Waals surface area contributed by atoms with Crippen LogP contribution in [-0.2, 0) is 27.3 Å². The van der Waals surface area contributed by atoms with Crippen molar-refractivity contribution in [1.29, 1.82) is 0 Å². The molecule has 5 nitrogen and oxygen atoms in total. The van der Waals surface area contributed by atoms with E-state index < -0.39 is 23.7 Å². The summed E-state index contributed by atoms with van der Waals surface area (Å²) >= 11 is 0. The molecule has 0 bridgehead atoms. The molecule has 3 aromatic carbocycles. The summed E-state index contributed by atoms with van der Waals surface area (Å²) in [4.78, 5) is 25.1. The minimum atomic E-state index is -0.775. The fourth-order valence-corrected chi connectivity index (χ4v) is 3.54. The molecule has 0 spiro atoms. The summed E-state index contributed by atoms with van der Waals surface area (Å²) in [5.41, 5.74) is 1.47. The average Bonchev–Trinajstić information content (AvgIpc) is 2.76. The highest BCUT2D eigenvalue weighted by Crippen LogP contribution is 2.21. The molecule has 0 aliphatic rings. The van der Waals surface area contributed by atoms with E-state index in [0.717, 1.165) is 18.4 Å². The zero-order valence-corrected chi connectivity index (χ0v) is 19.0. The smallest absolute Gasteiger partial charge is 0.408 e. The molecule has 0 saturated carbocycles. The van der Waals surface area contributed by atoms with Crippen molar-refractivity contribution >= 4 is 22.8 Å². The van der Waals surface area contributed by atoms with Gasteiger partial charge in [0.25, 0.3) is 0 Å². The number of carbonyl (C=O) groups excluding carboxylic acids is 2. The summed E-state index contributed by atoms with van der Waals surface area (Å²) in [6.07, 6.45) is 1.34. The van der Waals surface area contributed by atoms with Gasteiger partial charge >= 0.3 is 12.1 Å². The van der Waals surface area contributed by atoms with Crippen LogP contribution in [0.2, 0.25) is 0 Å². The molecular formula is C27H31NO4. The van der Waals surface area contributed by atoms with E-state index in [2.05, 4.69) is 29.6 Å². The summed E-state index contributed by atoms with van der Waals surface area (Å²) in [5, 5.41) is 5.09. The van der Waals surface area contributed by atoms with Gasteiger partial charge in [0, 0.05) is 0 Å². The van der Waals surface area contributed by atoms with Crippen molar-refractivity contribution < 1.29 is 19.1 Å². The van der Waals surface area contributed by atoms with Gasteiger partial charge in [-0.15, -0.1) is 0 Å². The Hall–Kier alpha value is -3.34. The Morgan fingerprint density at radius 1 is 0.906 bits per heavy atom. The fraction of sp³-hybridized carbons (Fsp3) is 0.333. The van der Waals surface area contributed by atoms with E-state index in [1.54, 1.807) is 20.8 Å². The van der Waals surface area contributed by atoms with Crippen molar-refractivity contribution in [2.24, 2.45) is 0 Å². The van der Waals surface area contributed by atoms with Crippen molar-refractivity contribution in [3.8, 4) is 0 Å². The maximum absolute atomic E-state index is 12.8. The van der Waals surface area contributed by atoms with Gasteiger partial charge in [0.15, 0.2) is 0 Å². The van der Waals surface area contributed by atoms with Gasteiger partial charge in [0.05, 0.1) is 0 Å². The quantitative estimate of drug-likeness (QED) is 0.456. The topological polar surface area (TPSA) is 64.6 Å². The molecule has 1 atom stereocenters. The van der Waals surface area contributed by atoms with Gasteiger partial charge in [-0.1, -0.05) is 72.8 Å². The lowest BCUT2D eigenvalue weighted by Crippen LogP contribution is -2.44. The number of alkyl carbamates (subject to hydrolysis) is 1. The number of hydrogen-bond donors (Lipinski definition) is 1. The third-order valence-corrected chi connectivity index (χ3v) is 5.02. The molecule has 1 amide bonds. The van der Waals surface area contributed by atoms with Gasteiger partial charge in [-0.25, -0.2) is 9.59 Å². The van der Waals surface area contributed by atoms with Crippen LogP contribution >= 0.6 is 0 Å². The van der Waals surface area contributed by atoms with Crippen LogP contribution in [0.1, 0.15) is 44.7 Å². The van der Waals surface area contributed by atoms with Gasteiger partial charge in [-0.3, -0.25) is 0 Å². The lowest BCUT2D eigenvalue weighted by molar-refractivity contribution is -0.147. The molecule has 0 aromatic heterocycles. The highest BCUT2D eigenvalue weighted by atomic mass is 16.6. The summed E-state index contributed by atoms with van der Waals surface area (Å²) < 4.78 is 10.8. The number of hydrogen-bond acceptors (Lipinski definition) is 4. The van der Waals surface area contributed by atoms with Crippen LogP contribution < -0.4 is 5.32 Å². The molecule has 0 saturated heterocycles. The number of aryl methyl sites for hydroxylation is 1. The van der Waals surface area contributed by atoms with Gasteiger partial charge in [0.2, 0.25) is 0 Å². The Morgan fingerprint density at radius 3 is 2.34 bits per heavy atom. The zero-order valence-electron chi connectivity index (χ0n) is 19.0. The van der Waals surface area contributed by atoms with Crippen molar-refractivity contribution in [2.45, 2.75) is 58.3 Å². The maximum Gasteiger partial charge on any atom is 0.408 e. The molecule has 32 heavy (non-hydrogen) atoms. The van der Waals surface area contributed by atoms with Crippen LogP contribution in [0.15, 0.2) is 72.8 Å². The van der Waals surface area contributed by atoms with E-state index in [0.29, 0.717) is 6.42 Å². The number of carbonyl (C=O) groups is 2. The molecule has 0 heterocycles. The van der Waals surface area contributed by atoms with Crippen LogP contribution in [0.25, 0.3) is 10.8 Å². The van der Waals surface area contributed by atoms with E-state index in [-0.39, 0.29) is 6.61 Å². The van der Waals surface area contributed by atoms with Crippen LogP contribution in [0.3, 0.4) is 0 Å². The first-order chi connectivity index (χ1) is 15.3. The molecule has 0 aliphatic carbocycles. The molecule has 168 valence electrons. The molecule has 0 radical (unpaired) electrons. The van der Waals surface area contributed by atoms with E-state index >= 15 is 0 Å². The molecule has 3 aromatic rings. The predicted molar refractivity (Wildman–Crippen MR) is 126 cm³/mol. The second-order valence-corrected chi connectivity index (χ2v) is 8.82. The van der Waals surface area contributed by atoms with Crippen molar-refractivity contribution in [1.82, 2.24) is 5.32 Å². The number of ether oxygens (including phenoxy) is 2. The Kier molecular flexibility index (Phi) is 7.87. The monoisotopic (exact) mass is 433 g/mol. The summed E-state index contributed by atoms with van der Waals surface area (Å²) in [6, 6.07) is 23.2. The lowest BCUT2D eigenvalue weighted by atomic mass is 9.99. The number of rotatable bonds is 8. The Bertz CT molecular complexity index is 1030. The summed E-state index contributed by atoms with van der Waals surface area (Å²) in [5.74, 6) is -0.461. The van der Waals surface area contributed by atoms with Crippen LogP contribution in [-0.4, -0.2) is 23.7 Å².